The van der Waals surface area contributed by atoms with Gasteiger partial charge >= 0.3 is 0 Å². The van der Waals surface area contributed by atoms with Gasteiger partial charge in [-0.05, 0) is 37.5 Å². The first-order valence-corrected chi connectivity index (χ1v) is 6.12. The average molecular weight is 205 g/mol. The smallest absolute Gasteiger partial charge is 0.148 e. The molecule has 0 aromatic carbocycles. The Morgan fingerprint density at radius 2 is 2.27 bits per heavy atom. The molecule has 0 radical (unpaired) electrons. The van der Waals surface area contributed by atoms with E-state index in [4.69, 9.17) is 5.73 Å². The molecule has 82 valence electrons. The molecule has 2 aliphatic carbocycles. The van der Waals surface area contributed by atoms with Crippen LogP contribution >= 0.6 is 0 Å². The van der Waals surface area contributed by atoms with Gasteiger partial charge in [0.1, 0.15) is 5.82 Å². The molecule has 0 saturated heterocycles. The number of hydrogen-bond donors (Lipinski definition) is 2. The second kappa shape index (κ2) is 3.26. The number of H-pyrrole nitrogens is 1. The van der Waals surface area contributed by atoms with Crippen molar-refractivity contribution >= 4 is 5.82 Å². The van der Waals surface area contributed by atoms with E-state index in [9.17, 15) is 0 Å². The predicted molar refractivity (Wildman–Crippen MR) is 60.6 cm³/mol. The molecular formula is C12H19N3. The molecule has 2 saturated carbocycles. The number of anilines is 1. The van der Waals surface area contributed by atoms with E-state index >= 15 is 0 Å². The third kappa shape index (κ3) is 1.29. The van der Waals surface area contributed by atoms with Crippen molar-refractivity contribution in [3.8, 4) is 0 Å². The van der Waals surface area contributed by atoms with Crippen LogP contribution in [0, 0.1) is 11.8 Å². The van der Waals surface area contributed by atoms with Gasteiger partial charge in [-0.15, -0.1) is 0 Å². The van der Waals surface area contributed by atoms with Gasteiger partial charge in [0.05, 0.1) is 0 Å². The summed E-state index contributed by atoms with van der Waals surface area (Å²) in [5.74, 6) is 3.33. The van der Waals surface area contributed by atoms with Crippen LogP contribution in [0.5, 0.6) is 0 Å². The minimum Gasteiger partial charge on any atom is -0.382 e. The summed E-state index contributed by atoms with van der Waals surface area (Å²) in [7, 11) is 0. The van der Waals surface area contributed by atoms with Gasteiger partial charge in [0.15, 0.2) is 0 Å². The average Bonchev–Trinajstić information content (AvgIpc) is 2.90. The Morgan fingerprint density at radius 3 is 2.87 bits per heavy atom. The molecule has 1 heterocycles. The largest absolute Gasteiger partial charge is 0.382 e. The molecule has 2 aliphatic rings. The molecule has 1 aromatic heterocycles. The summed E-state index contributed by atoms with van der Waals surface area (Å²) in [5, 5.41) is 7.35. The van der Waals surface area contributed by atoms with Gasteiger partial charge in [0.2, 0.25) is 0 Å². The van der Waals surface area contributed by atoms with Crippen LogP contribution in [0.25, 0.3) is 0 Å². The maximum absolute atomic E-state index is 5.88. The molecule has 0 aliphatic heterocycles. The first-order chi connectivity index (χ1) is 7.29. The van der Waals surface area contributed by atoms with E-state index in [2.05, 4.69) is 17.1 Å². The third-order valence-electron chi connectivity index (χ3n) is 4.39. The van der Waals surface area contributed by atoms with Crippen molar-refractivity contribution in [1.82, 2.24) is 10.2 Å². The highest BCUT2D eigenvalue weighted by Gasteiger charge is 2.41. The molecule has 1 aromatic rings. The third-order valence-corrected chi connectivity index (χ3v) is 4.39. The van der Waals surface area contributed by atoms with Crippen LogP contribution in [-0.2, 0) is 6.42 Å². The monoisotopic (exact) mass is 205 g/mol. The maximum atomic E-state index is 5.88. The number of aromatic amines is 1. The van der Waals surface area contributed by atoms with Crippen LogP contribution < -0.4 is 5.73 Å². The molecule has 3 unspecified atom stereocenters. The number of nitrogens with one attached hydrogen (secondary N) is 1. The lowest BCUT2D eigenvalue weighted by Gasteiger charge is -2.21. The highest BCUT2D eigenvalue weighted by Crippen LogP contribution is 2.53. The first-order valence-electron chi connectivity index (χ1n) is 6.12. The second-order valence-electron chi connectivity index (χ2n) is 5.14. The topological polar surface area (TPSA) is 54.7 Å². The zero-order chi connectivity index (χ0) is 10.4. The molecule has 3 heteroatoms. The molecule has 2 fully saturated rings. The number of nitrogens with zero attached hydrogens (tertiary/aromatic N) is 1. The van der Waals surface area contributed by atoms with Crippen molar-refractivity contribution in [1.29, 1.82) is 0 Å². The van der Waals surface area contributed by atoms with Crippen LogP contribution in [0.4, 0.5) is 5.82 Å². The van der Waals surface area contributed by atoms with Gasteiger partial charge in [-0.1, -0.05) is 13.3 Å². The highest BCUT2D eigenvalue weighted by molar-refractivity contribution is 5.44. The Bertz CT molecular complexity index is 369. The van der Waals surface area contributed by atoms with E-state index in [1.54, 1.807) is 0 Å². The first kappa shape index (κ1) is 9.25. The Hall–Kier alpha value is -0.990. The Kier molecular flexibility index (Phi) is 2.01. The Morgan fingerprint density at radius 1 is 1.40 bits per heavy atom. The standard InChI is InChI=1S/C12H19N3/c1-2-9-11(14-15-12(9)13)10-6-7-3-4-8(10)5-7/h7-8,10H,2-6H2,1H3,(H3,13,14,15). The zero-order valence-corrected chi connectivity index (χ0v) is 9.29. The fourth-order valence-electron chi connectivity index (χ4n) is 3.67. The molecule has 3 nitrogen and oxygen atoms in total. The fraction of sp³-hybridized carbons (Fsp3) is 0.750. The molecule has 3 N–H and O–H groups in total. The van der Waals surface area contributed by atoms with Crippen LogP contribution in [0.3, 0.4) is 0 Å². The van der Waals surface area contributed by atoms with Gasteiger partial charge in [-0.2, -0.15) is 5.10 Å². The second-order valence-corrected chi connectivity index (χ2v) is 5.14. The van der Waals surface area contributed by atoms with E-state index in [0.29, 0.717) is 0 Å². The maximum Gasteiger partial charge on any atom is 0.148 e. The molecule has 15 heavy (non-hydrogen) atoms. The highest BCUT2D eigenvalue weighted by atomic mass is 15.2. The van der Waals surface area contributed by atoms with Crippen molar-refractivity contribution in [2.45, 2.75) is 44.9 Å². The van der Waals surface area contributed by atoms with Crippen LogP contribution in [0.1, 0.15) is 49.8 Å². The molecule has 3 atom stereocenters. The van der Waals surface area contributed by atoms with Gasteiger partial charge < -0.3 is 5.73 Å². The van der Waals surface area contributed by atoms with E-state index in [0.717, 1.165) is 30.0 Å². The quantitative estimate of drug-likeness (QED) is 0.779. The number of nitrogen functional groups attached to an aromatic ring is 1. The summed E-state index contributed by atoms with van der Waals surface area (Å²) >= 11 is 0. The fourth-order valence-corrected chi connectivity index (χ4v) is 3.67. The number of nitrogens with two attached hydrogens (primary N) is 1. The normalized spacial score (nSPS) is 33.8. The molecule has 0 amide bonds. The van der Waals surface area contributed by atoms with E-state index in [1.807, 2.05) is 0 Å². The van der Waals surface area contributed by atoms with Gasteiger partial charge in [0, 0.05) is 17.2 Å². The van der Waals surface area contributed by atoms with Crippen LogP contribution in [0.2, 0.25) is 0 Å². The molecule has 3 rings (SSSR count). The van der Waals surface area contributed by atoms with Crippen molar-refractivity contribution in [3.63, 3.8) is 0 Å². The summed E-state index contributed by atoms with van der Waals surface area (Å²) in [6, 6.07) is 0. The van der Waals surface area contributed by atoms with E-state index < -0.39 is 0 Å². The van der Waals surface area contributed by atoms with Crippen molar-refractivity contribution < 1.29 is 0 Å². The molecular weight excluding hydrogens is 186 g/mol. The lowest BCUT2D eigenvalue weighted by atomic mass is 9.84. The summed E-state index contributed by atoms with van der Waals surface area (Å²) in [6.45, 7) is 2.16. The minimum absolute atomic E-state index is 0.718. The SMILES string of the molecule is CCc1c(N)n[nH]c1C1CC2CCC1C2. The predicted octanol–water partition coefficient (Wildman–Crippen LogP) is 2.46. The Balaban J connectivity index is 1.93. The summed E-state index contributed by atoms with van der Waals surface area (Å²) in [5.41, 5.74) is 8.50. The molecule has 2 bridgehead atoms. The van der Waals surface area contributed by atoms with Gasteiger partial charge in [-0.3, -0.25) is 5.10 Å². The number of hydrogen-bond acceptors (Lipinski definition) is 2. The van der Waals surface area contributed by atoms with Crippen LogP contribution in [-0.4, -0.2) is 10.2 Å². The summed E-state index contributed by atoms with van der Waals surface area (Å²) in [6.07, 6.45) is 6.67. The van der Waals surface area contributed by atoms with E-state index in [-0.39, 0.29) is 0 Å². The van der Waals surface area contributed by atoms with Crippen molar-refractivity contribution in [3.05, 3.63) is 11.3 Å². The van der Waals surface area contributed by atoms with Crippen LogP contribution in [0.15, 0.2) is 0 Å². The lowest BCUT2D eigenvalue weighted by molar-refractivity contribution is 0.411. The Labute approximate surface area is 90.4 Å². The lowest BCUT2D eigenvalue weighted by Crippen LogP contribution is -2.10. The van der Waals surface area contributed by atoms with Gasteiger partial charge in [0.25, 0.3) is 0 Å². The zero-order valence-electron chi connectivity index (χ0n) is 9.29. The summed E-state index contributed by atoms with van der Waals surface area (Å²) < 4.78 is 0. The van der Waals surface area contributed by atoms with Crippen molar-refractivity contribution in [2.75, 3.05) is 5.73 Å². The number of rotatable bonds is 2. The number of fused-ring (bicyclic) bond motifs is 2. The number of aromatic nitrogens is 2. The van der Waals surface area contributed by atoms with Gasteiger partial charge in [-0.25, -0.2) is 0 Å². The minimum atomic E-state index is 0.718. The van der Waals surface area contributed by atoms with Crippen molar-refractivity contribution in [2.24, 2.45) is 11.8 Å². The molecule has 0 spiro atoms. The summed E-state index contributed by atoms with van der Waals surface area (Å²) in [4.78, 5) is 0. The van der Waals surface area contributed by atoms with E-state index in [1.165, 1.54) is 36.9 Å².